The van der Waals surface area contributed by atoms with Crippen LogP contribution < -0.4 is 5.32 Å². The van der Waals surface area contributed by atoms with E-state index in [2.05, 4.69) is 5.32 Å². The number of aromatic hydroxyl groups is 1. The number of phenols is 1. The van der Waals surface area contributed by atoms with Crippen LogP contribution in [0.25, 0.3) is 0 Å². The summed E-state index contributed by atoms with van der Waals surface area (Å²) in [5.41, 5.74) is 1.36. The maximum absolute atomic E-state index is 12.4. The minimum absolute atomic E-state index is 0.189. The molecule has 0 aliphatic heterocycles. The van der Waals surface area contributed by atoms with Crippen molar-refractivity contribution in [2.75, 3.05) is 5.32 Å². The number of phenolic OH excluding ortho intramolecular Hbond substituents is 1. The van der Waals surface area contributed by atoms with Crippen molar-refractivity contribution < 1.29 is 13.9 Å². The van der Waals surface area contributed by atoms with Crippen LogP contribution in [0.15, 0.2) is 53.4 Å². The van der Waals surface area contributed by atoms with Crippen molar-refractivity contribution in [3.63, 3.8) is 0 Å². The van der Waals surface area contributed by atoms with E-state index in [1.807, 2.05) is 6.07 Å². The third-order valence-corrected chi connectivity index (χ3v) is 3.35. The van der Waals surface area contributed by atoms with Crippen LogP contribution in [0.5, 0.6) is 5.75 Å². The first-order chi connectivity index (χ1) is 9.16. The fourth-order valence-corrected chi connectivity index (χ4v) is 2.28. The molecule has 19 heavy (non-hydrogen) atoms. The molecule has 0 aromatic heterocycles. The van der Waals surface area contributed by atoms with Gasteiger partial charge in [-0.15, -0.1) is 0 Å². The summed E-state index contributed by atoms with van der Waals surface area (Å²) in [5, 5.41) is 12.7. The maximum atomic E-state index is 12.4. The molecule has 2 N–H and O–H groups in total. The van der Waals surface area contributed by atoms with Crippen LogP contribution >= 0.6 is 11.8 Å². The van der Waals surface area contributed by atoms with Crippen molar-refractivity contribution in [3.8, 4) is 5.75 Å². The second-order valence-corrected chi connectivity index (χ2v) is 4.89. The number of alkyl halides is 2. The van der Waals surface area contributed by atoms with Gasteiger partial charge in [0.15, 0.2) is 0 Å². The summed E-state index contributed by atoms with van der Waals surface area (Å²) in [6, 6.07) is 13.8. The SMILES string of the molecule is Oc1ccccc1CNc1ccccc1SC(F)F. The number of thioether (sulfide) groups is 1. The Labute approximate surface area is 114 Å². The summed E-state index contributed by atoms with van der Waals surface area (Å²) in [6.07, 6.45) is 0. The molecule has 0 heterocycles. The van der Waals surface area contributed by atoms with E-state index in [0.29, 0.717) is 28.9 Å². The van der Waals surface area contributed by atoms with Crippen LogP contribution in [0.3, 0.4) is 0 Å². The molecule has 2 aromatic carbocycles. The van der Waals surface area contributed by atoms with Crippen LogP contribution in [0, 0.1) is 0 Å². The fourth-order valence-electron chi connectivity index (χ4n) is 1.66. The van der Waals surface area contributed by atoms with Gasteiger partial charge in [-0.1, -0.05) is 42.1 Å². The molecular weight excluding hydrogens is 268 g/mol. The zero-order chi connectivity index (χ0) is 13.7. The number of halogens is 2. The van der Waals surface area contributed by atoms with Gasteiger partial charge < -0.3 is 10.4 Å². The molecule has 0 aliphatic carbocycles. The van der Waals surface area contributed by atoms with E-state index in [-0.39, 0.29) is 5.75 Å². The maximum Gasteiger partial charge on any atom is 0.288 e. The highest BCUT2D eigenvalue weighted by Gasteiger charge is 2.09. The Hall–Kier alpha value is -1.75. The number of rotatable bonds is 5. The number of para-hydroxylation sites is 2. The smallest absolute Gasteiger partial charge is 0.288 e. The first kappa shape index (κ1) is 13.7. The van der Waals surface area contributed by atoms with Gasteiger partial charge in [0, 0.05) is 22.7 Å². The van der Waals surface area contributed by atoms with Gasteiger partial charge in [0.05, 0.1) is 0 Å². The molecule has 2 rings (SSSR count). The lowest BCUT2D eigenvalue weighted by Gasteiger charge is -2.12. The minimum Gasteiger partial charge on any atom is -0.508 e. The fraction of sp³-hybridized carbons (Fsp3) is 0.143. The van der Waals surface area contributed by atoms with E-state index >= 15 is 0 Å². The second-order valence-electron chi connectivity index (χ2n) is 3.86. The van der Waals surface area contributed by atoms with Gasteiger partial charge in [-0.3, -0.25) is 0 Å². The number of nitrogens with one attached hydrogen (secondary N) is 1. The molecular formula is C14H13F2NOS. The van der Waals surface area contributed by atoms with Crippen molar-refractivity contribution in [1.29, 1.82) is 0 Å². The van der Waals surface area contributed by atoms with Gasteiger partial charge in [-0.2, -0.15) is 8.78 Å². The van der Waals surface area contributed by atoms with Gasteiger partial charge in [0.25, 0.3) is 5.76 Å². The average molecular weight is 281 g/mol. The summed E-state index contributed by atoms with van der Waals surface area (Å²) in [7, 11) is 0. The number of anilines is 1. The lowest BCUT2D eigenvalue weighted by Crippen LogP contribution is -2.01. The molecule has 0 aliphatic rings. The van der Waals surface area contributed by atoms with Crippen molar-refractivity contribution in [1.82, 2.24) is 0 Å². The van der Waals surface area contributed by atoms with Gasteiger partial charge in [0.1, 0.15) is 5.75 Å². The number of hydrogen-bond donors (Lipinski definition) is 2. The van der Waals surface area contributed by atoms with Gasteiger partial charge in [-0.25, -0.2) is 0 Å². The Morgan fingerprint density at radius 3 is 2.47 bits per heavy atom. The normalized spacial score (nSPS) is 10.7. The molecule has 0 bridgehead atoms. The van der Waals surface area contributed by atoms with Crippen LogP contribution in [-0.2, 0) is 6.54 Å². The largest absolute Gasteiger partial charge is 0.508 e. The van der Waals surface area contributed by atoms with Crippen molar-refractivity contribution in [2.24, 2.45) is 0 Å². The molecule has 0 unspecified atom stereocenters. The lowest BCUT2D eigenvalue weighted by atomic mass is 10.2. The van der Waals surface area contributed by atoms with E-state index in [1.165, 1.54) is 0 Å². The van der Waals surface area contributed by atoms with Gasteiger partial charge in [0.2, 0.25) is 0 Å². The first-order valence-corrected chi connectivity index (χ1v) is 6.59. The first-order valence-electron chi connectivity index (χ1n) is 5.71. The van der Waals surface area contributed by atoms with E-state index in [9.17, 15) is 13.9 Å². The predicted molar refractivity (Wildman–Crippen MR) is 73.7 cm³/mol. The van der Waals surface area contributed by atoms with Crippen LogP contribution in [0.4, 0.5) is 14.5 Å². The van der Waals surface area contributed by atoms with Crippen molar-refractivity contribution in [2.45, 2.75) is 17.2 Å². The van der Waals surface area contributed by atoms with E-state index < -0.39 is 5.76 Å². The van der Waals surface area contributed by atoms with Crippen molar-refractivity contribution in [3.05, 3.63) is 54.1 Å². The monoisotopic (exact) mass is 281 g/mol. The van der Waals surface area contributed by atoms with E-state index in [0.717, 1.165) is 5.56 Å². The van der Waals surface area contributed by atoms with Crippen molar-refractivity contribution >= 4 is 17.4 Å². The Kier molecular flexibility index (Phi) is 4.63. The average Bonchev–Trinajstić information content (AvgIpc) is 2.39. The standard InChI is InChI=1S/C14H13F2NOS/c15-14(16)19-13-8-4-2-6-11(13)17-9-10-5-1-3-7-12(10)18/h1-8,14,17-18H,9H2. The molecule has 0 radical (unpaired) electrons. The van der Waals surface area contributed by atoms with E-state index in [4.69, 9.17) is 0 Å². The summed E-state index contributed by atoms with van der Waals surface area (Å²) < 4.78 is 24.8. The molecule has 5 heteroatoms. The molecule has 2 nitrogen and oxygen atoms in total. The van der Waals surface area contributed by atoms with Gasteiger partial charge >= 0.3 is 0 Å². The van der Waals surface area contributed by atoms with E-state index in [1.54, 1.807) is 42.5 Å². The van der Waals surface area contributed by atoms with Crippen LogP contribution in [-0.4, -0.2) is 10.9 Å². The summed E-state index contributed by atoms with van der Waals surface area (Å²) in [4.78, 5) is 0.493. The minimum atomic E-state index is -2.45. The molecule has 0 saturated carbocycles. The number of benzene rings is 2. The van der Waals surface area contributed by atoms with Crippen LogP contribution in [0.1, 0.15) is 5.56 Å². The molecule has 100 valence electrons. The molecule has 0 amide bonds. The highest BCUT2D eigenvalue weighted by atomic mass is 32.2. The molecule has 0 spiro atoms. The Morgan fingerprint density at radius 2 is 1.74 bits per heavy atom. The van der Waals surface area contributed by atoms with Gasteiger partial charge in [-0.05, 0) is 18.2 Å². The van der Waals surface area contributed by atoms with Crippen LogP contribution in [0.2, 0.25) is 0 Å². The topological polar surface area (TPSA) is 32.3 Å². The molecule has 0 fully saturated rings. The molecule has 0 saturated heterocycles. The number of hydrogen-bond acceptors (Lipinski definition) is 3. The summed E-state index contributed by atoms with van der Waals surface area (Å²) in [6.45, 7) is 0.382. The second kappa shape index (κ2) is 6.43. The summed E-state index contributed by atoms with van der Waals surface area (Å²) >= 11 is 0.506. The third kappa shape index (κ3) is 3.86. The predicted octanol–water partition coefficient (Wildman–Crippen LogP) is 4.32. The Morgan fingerprint density at radius 1 is 1.05 bits per heavy atom. The quantitative estimate of drug-likeness (QED) is 0.801. The Bertz CT molecular complexity index is 548. The highest BCUT2D eigenvalue weighted by molar-refractivity contribution is 7.99. The third-order valence-electron chi connectivity index (χ3n) is 2.56. The lowest BCUT2D eigenvalue weighted by molar-refractivity contribution is 0.252. The zero-order valence-corrected chi connectivity index (χ0v) is 10.8. The highest BCUT2D eigenvalue weighted by Crippen LogP contribution is 2.32. The summed E-state index contributed by atoms with van der Waals surface area (Å²) in [5.74, 6) is -2.26. The Balaban J connectivity index is 2.09. The zero-order valence-electron chi connectivity index (χ0n) is 10.0. The molecule has 2 aromatic rings. The molecule has 0 atom stereocenters.